The summed E-state index contributed by atoms with van der Waals surface area (Å²) in [6.07, 6.45) is 2.82. The molecule has 68 valence electrons. The molecule has 1 nitrogen and oxygen atoms in total. The van der Waals surface area contributed by atoms with Crippen LogP contribution in [0.15, 0.2) is 0 Å². The Labute approximate surface area is 70.1 Å². The van der Waals surface area contributed by atoms with E-state index in [2.05, 4.69) is 0 Å². The molecule has 0 spiro atoms. The van der Waals surface area contributed by atoms with E-state index in [1.165, 1.54) is 0 Å². The van der Waals surface area contributed by atoms with Crippen molar-refractivity contribution < 1.29 is 13.6 Å². The molecule has 0 radical (unpaired) electrons. The Morgan fingerprint density at radius 3 is 2.25 bits per heavy atom. The average molecular weight is 174 g/mol. The van der Waals surface area contributed by atoms with Gasteiger partial charge < -0.3 is 4.79 Å². The van der Waals surface area contributed by atoms with Crippen molar-refractivity contribution >= 4 is 6.29 Å². The third kappa shape index (κ3) is 1.15. The zero-order chi connectivity index (χ0) is 8.82. The Hall–Kier alpha value is -0.470. The Bertz CT molecular complexity index is 211. The molecule has 2 saturated carbocycles. The lowest BCUT2D eigenvalue weighted by atomic mass is 9.82. The van der Waals surface area contributed by atoms with Crippen molar-refractivity contribution in [1.29, 1.82) is 0 Å². The van der Waals surface area contributed by atoms with Crippen molar-refractivity contribution in [2.45, 2.75) is 38.0 Å². The van der Waals surface area contributed by atoms with Crippen LogP contribution < -0.4 is 0 Å². The molecule has 0 N–H and O–H groups in total. The van der Waals surface area contributed by atoms with Gasteiger partial charge >= 0.3 is 0 Å². The molecule has 1 unspecified atom stereocenters. The third-order valence-corrected chi connectivity index (χ3v) is 3.17. The zero-order valence-electron chi connectivity index (χ0n) is 6.85. The maximum atomic E-state index is 12.9. The molecule has 0 saturated heterocycles. The maximum Gasteiger partial charge on any atom is 0.249 e. The number of carbonyl (C=O) groups excluding carboxylic acids is 1. The molecular weight excluding hydrogens is 162 g/mol. The van der Waals surface area contributed by atoms with Gasteiger partial charge in [0.15, 0.2) is 0 Å². The van der Waals surface area contributed by atoms with E-state index < -0.39 is 11.3 Å². The van der Waals surface area contributed by atoms with Gasteiger partial charge in [-0.05, 0) is 25.2 Å². The number of carbonyl (C=O) groups is 1. The lowest BCUT2D eigenvalue weighted by Gasteiger charge is -2.20. The van der Waals surface area contributed by atoms with Crippen LogP contribution in [0.1, 0.15) is 32.1 Å². The zero-order valence-corrected chi connectivity index (χ0v) is 6.85. The minimum Gasteiger partial charge on any atom is -0.303 e. The van der Waals surface area contributed by atoms with Crippen LogP contribution in [0.3, 0.4) is 0 Å². The maximum absolute atomic E-state index is 12.9. The molecule has 2 fully saturated rings. The molecule has 0 aromatic heterocycles. The van der Waals surface area contributed by atoms with Crippen LogP contribution in [0.5, 0.6) is 0 Å². The van der Waals surface area contributed by atoms with E-state index in [0.29, 0.717) is 6.42 Å². The number of hydrogen-bond acceptors (Lipinski definition) is 1. The van der Waals surface area contributed by atoms with Crippen LogP contribution in [-0.4, -0.2) is 12.2 Å². The van der Waals surface area contributed by atoms with Gasteiger partial charge in [-0.1, -0.05) is 0 Å². The van der Waals surface area contributed by atoms with Crippen LogP contribution in [-0.2, 0) is 4.79 Å². The molecule has 1 atom stereocenters. The van der Waals surface area contributed by atoms with Gasteiger partial charge in [-0.2, -0.15) is 0 Å². The monoisotopic (exact) mass is 174 g/mol. The fourth-order valence-corrected chi connectivity index (χ4v) is 2.28. The van der Waals surface area contributed by atoms with Crippen molar-refractivity contribution in [1.82, 2.24) is 0 Å². The smallest absolute Gasteiger partial charge is 0.249 e. The SMILES string of the molecule is O=CC1(C2CC2)CCC(F)(F)C1. The highest BCUT2D eigenvalue weighted by Gasteiger charge is 2.56. The van der Waals surface area contributed by atoms with Crippen molar-refractivity contribution in [3.63, 3.8) is 0 Å². The van der Waals surface area contributed by atoms with E-state index in [0.717, 1.165) is 19.1 Å². The van der Waals surface area contributed by atoms with E-state index >= 15 is 0 Å². The van der Waals surface area contributed by atoms with Crippen LogP contribution in [0, 0.1) is 11.3 Å². The topological polar surface area (TPSA) is 17.1 Å². The fraction of sp³-hybridized carbons (Fsp3) is 0.889. The van der Waals surface area contributed by atoms with Gasteiger partial charge in [-0.15, -0.1) is 0 Å². The van der Waals surface area contributed by atoms with Gasteiger partial charge in [0.05, 0.1) is 0 Å². The Balaban J connectivity index is 2.15. The average Bonchev–Trinajstić information content (AvgIpc) is 2.78. The number of alkyl halides is 2. The summed E-state index contributed by atoms with van der Waals surface area (Å²) in [5.41, 5.74) is -0.649. The van der Waals surface area contributed by atoms with Gasteiger partial charge in [0.25, 0.3) is 0 Å². The van der Waals surface area contributed by atoms with Crippen molar-refractivity contribution in [2.24, 2.45) is 11.3 Å². The van der Waals surface area contributed by atoms with Crippen LogP contribution in [0.25, 0.3) is 0 Å². The van der Waals surface area contributed by atoms with Crippen LogP contribution in [0.2, 0.25) is 0 Å². The summed E-state index contributed by atoms with van der Waals surface area (Å²) in [5, 5.41) is 0. The Kier molecular flexibility index (Phi) is 1.54. The summed E-state index contributed by atoms with van der Waals surface area (Å²) in [7, 11) is 0. The van der Waals surface area contributed by atoms with E-state index in [9.17, 15) is 13.6 Å². The fourth-order valence-electron chi connectivity index (χ4n) is 2.28. The minimum atomic E-state index is -2.58. The molecule has 0 bridgehead atoms. The largest absolute Gasteiger partial charge is 0.303 e. The molecule has 0 aliphatic heterocycles. The summed E-state index contributed by atoms with van der Waals surface area (Å²) in [5.74, 6) is -2.31. The van der Waals surface area contributed by atoms with Gasteiger partial charge in [-0.25, -0.2) is 8.78 Å². The second-order valence-corrected chi connectivity index (χ2v) is 4.16. The minimum absolute atomic E-state index is 0.0950. The highest BCUT2D eigenvalue weighted by atomic mass is 19.3. The first-order valence-electron chi connectivity index (χ1n) is 4.42. The highest BCUT2D eigenvalue weighted by molar-refractivity contribution is 5.61. The number of rotatable bonds is 2. The lowest BCUT2D eigenvalue weighted by molar-refractivity contribution is -0.118. The molecule has 0 aromatic rings. The van der Waals surface area contributed by atoms with E-state index in [1.807, 2.05) is 0 Å². The highest BCUT2D eigenvalue weighted by Crippen LogP contribution is 2.57. The van der Waals surface area contributed by atoms with E-state index in [1.54, 1.807) is 0 Å². The molecule has 0 aromatic carbocycles. The predicted octanol–water partition coefficient (Wildman–Crippen LogP) is 2.40. The molecular formula is C9H12F2O. The number of halogens is 2. The van der Waals surface area contributed by atoms with Gasteiger partial charge in [0.1, 0.15) is 6.29 Å². The first kappa shape index (κ1) is 8.14. The van der Waals surface area contributed by atoms with E-state index in [-0.39, 0.29) is 18.8 Å². The van der Waals surface area contributed by atoms with E-state index in [4.69, 9.17) is 0 Å². The Morgan fingerprint density at radius 1 is 1.25 bits per heavy atom. The number of hydrogen-bond donors (Lipinski definition) is 0. The lowest BCUT2D eigenvalue weighted by Crippen LogP contribution is -2.24. The molecule has 0 heterocycles. The van der Waals surface area contributed by atoms with Crippen molar-refractivity contribution in [2.75, 3.05) is 0 Å². The molecule has 3 heteroatoms. The summed E-state index contributed by atoms with van der Waals surface area (Å²) < 4.78 is 25.7. The molecule has 2 aliphatic carbocycles. The van der Waals surface area contributed by atoms with Crippen molar-refractivity contribution in [3.05, 3.63) is 0 Å². The molecule has 12 heavy (non-hydrogen) atoms. The summed E-state index contributed by atoms with van der Waals surface area (Å²) in [4.78, 5) is 10.8. The molecule has 0 amide bonds. The number of aldehydes is 1. The first-order valence-corrected chi connectivity index (χ1v) is 4.42. The van der Waals surface area contributed by atoms with Gasteiger partial charge in [0.2, 0.25) is 5.92 Å². The Morgan fingerprint density at radius 2 is 1.92 bits per heavy atom. The summed E-state index contributed by atoms with van der Waals surface area (Å²) in [6, 6.07) is 0. The quantitative estimate of drug-likeness (QED) is 0.587. The third-order valence-electron chi connectivity index (χ3n) is 3.17. The molecule has 2 aliphatic rings. The van der Waals surface area contributed by atoms with Crippen LogP contribution >= 0.6 is 0 Å². The summed E-state index contributed by atoms with van der Waals surface area (Å²) >= 11 is 0. The van der Waals surface area contributed by atoms with Gasteiger partial charge in [0, 0.05) is 18.3 Å². The van der Waals surface area contributed by atoms with Crippen LogP contribution in [0.4, 0.5) is 8.78 Å². The first-order chi connectivity index (χ1) is 5.58. The predicted molar refractivity (Wildman–Crippen MR) is 40.0 cm³/mol. The standard InChI is InChI=1S/C9H12F2O/c10-9(11)4-3-8(5-9,6-12)7-1-2-7/h6-7H,1-5H2. The van der Waals surface area contributed by atoms with Crippen molar-refractivity contribution in [3.8, 4) is 0 Å². The summed E-state index contributed by atoms with van der Waals surface area (Å²) in [6.45, 7) is 0. The van der Waals surface area contributed by atoms with Gasteiger partial charge in [-0.3, -0.25) is 0 Å². The second kappa shape index (κ2) is 2.27. The second-order valence-electron chi connectivity index (χ2n) is 4.16. The molecule has 2 rings (SSSR count). The normalized spacial score (nSPS) is 39.8.